The highest BCUT2D eigenvalue weighted by atomic mass is 16.5. The van der Waals surface area contributed by atoms with Gasteiger partial charge in [-0.1, -0.05) is 0 Å². The number of likely N-dealkylation sites (N-methyl/N-ethyl adjacent to an activating group) is 1. The van der Waals surface area contributed by atoms with Crippen molar-refractivity contribution < 1.29 is 14.6 Å². The van der Waals surface area contributed by atoms with Crippen LogP contribution in [0.2, 0.25) is 0 Å². The number of rotatable bonds is 7. The standard InChI is InChI=1S/C12H24N2O3/c1-13(2)8-9-17-11-4-3-6-14(10-11)7-5-12(15)16/h11H,3-10H2,1-2H3,(H,15,16). The number of hydrogen-bond donors (Lipinski definition) is 1. The summed E-state index contributed by atoms with van der Waals surface area (Å²) in [5.74, 6) is -0.722. The minimum atomic E-state index is -0.722. The summed E-state index contributed by atoms with van der Waals surface area (Å²) in [5.41, 5.74) is 0. The molecule has 5 heteroatoms. The summed E-state index contributed by atoms with van der Waals surface area (Å²) in [4.78, 5) is 14.8. The minimum absolute atomic E-state index is 0.227. The summed E-state index contributed by atoms with van der Waals surface area (Å²) in [6, 6.07) is 0. The molecule has 1 aliphatic rings. The molecular weight excluding hydrogens is 220 g/mol. The molecule has 1 fully saturated rings. The first-order valence-electron chi connectivity index (χ1n) is 6.28. The first-order valence-corrected chi connectivity index (χ1v) is 6.28. The fourth-order valence-electron chi connectivity index (χ4n) is 2.01. The normalized spacial score (nSPS) is 21.9. The van der Waals surface area contributed by atoms with Crippen molar-refractivity contribution in [2.45, 2.75) is 25.4 Å². The van der Waals surface area contributed by atoms with Crippen LogP contribution in [0.3, 0.4) is 0 Å². The van der Waals surface area contributed by atoms with Gasteiger partial charge < -0.3 is 19.6 Å². The Morgan fingerprint density at radius 3 is 2.94 bits per heavy atom. The molecule has 1 rings (SSSR count). The second kappa shape index (κ2) is 7.63. The number of nitrogens with zero attached hydrogens (tertiary/aromatic N) is 2. The second-order valence-corrected chi connectivity index (χ2v) is 4.88. The van der Waals surface area contributed by atoms with E-state index in [2.05, 4.69) is 9.80 Å². The van der Waals surface area contributed by atoms with Crippen LogP contribution in [0.4, 0.5) is 0 Å². The average Bonchev–Trinajstić information content (AvgIpc) is 2.26. The van der Waals surface area contributed by atoms with Crippen LogP contribution in [0.25, 0.3) is 0 Å². The van der Waals surface area contributed by atoms with Crippen LogP contribution in [0.15, 0.2) is 0 Å². The summed E-state index contributed by atoms with van der Waals surface area (Å²) >= 11 is 0. The van der Waals surface area contributed by atoms with Crippen LogP contribution in [0.5, 0.6) is 0 Å². The van der Waals surface area contributed by atoms with E-state index in [1.807, 2.05) is 14.1 Å². The molecule has 1 N–H and O–H groups in total. The maximum Gasteiger partial charge on any atom is 0.304 e. The van der Waals surface area contributed by atoms with E-state index in [0.29, 0.717) is 6.54 Å². The van der Waals surface area contributed by atoms with E-state index in [1.165, 1.54) is 0 Å². The molecule has 0 aromatic carbocycles. The number of hydrogen-bond acceptors (Lipinski definition) is 4. The van der Waals surface area contributed by atoms with Crippen LogP contribution in [-0.2, 0) is 9.53 Å². The molecule has 0 radical (unpaired) electrons. The molecule has 1 atom stereocenters. The van der Waals surface area contributed by atoms with E-state index in [-0.39, 0.29) is 12.5 Å². The third-order valence-corrected chi connectivity index (χ3v) is 3.00. The number of ether oxygens (including phenoxy) is 1. The lowest BCUT2D eigenvalue weighted by Gasteiger charge is -2.32. The molecule has 0 aromatic rings. The van der Waals surface area contributed by atoms with Gasteiger partial charge in [-0.2, -0.15) is 0 Å². The maximum absolute atomic E-state index is 10.5. The lowest BCUT2D eigenvalue weighted by atomic mass is 10.1. The van der Waals surface area contributed by atoms with Crippen molar-refractivity contribution in [3.8, 4) is 0 Å². The zero-order chi connectivity index (χ0) is 12.7. The Balaban J connectivity index is 2.17. The second-order valence-electron chi connectivity index (χ2n) is 4.88. The topological polar surface area (TPSA) is 53.0 Å². The van der Waals surface area contributed by atoms with Gasteiger partial charge in [-0.05, 0) is 33.5 Å². The van der Waals surface area contributed by atoms with Crippen molar-refractivity contribution in [2.24, 2.45) is 0 Å². The molecule has 0 bridgehead atoms. The van der Waals surface area contributed by atoms with Gasteiger partial charge in [0, 0.05) is 19.6 Å². The van der Waals surface area contributed by atoms with Crippen molar-refractivity contribution in [2.75, 3.05) is 46.9 Å². The van der Waals surface area contributed by atoms with Gasteiger partial charge in [0.1, 0.15) is 0 Å². The van der Waals surface area contributed by atoms with Crippen molar-refractivity contribution in [3.05, 3.63) is 0 Å². The number of likely N-dealkylation sites (tertiary alicyclic amines) is 1. The van der Waals surface area contributed by atoms with E-state index in [4.69, 9.17) is 9.84 Å². The van der Waals surface area contributed by atoms with Gasteiger partial charge >= 0.3 is 5.97 Å². The van der Waals surface area contributed by atoms with Gasteiger partial charge in [-0.25, -0.2) is 0 Å². The van der Waals surface area contributed by atoms with Crippen molar-refractivity contribution >= 4 is 5.97 Å². The van der Waals surface area contributed by atoms with E-state index < -0.39 is 5.97 Å². The van der Waals surface area contributed by atoms with Crippen LogP contribution < -0.4 is 0 Å². The third kappa shape index (κ3) is 6.61. The summed E-state index contributed by atoms with van der Waals surface area (Å²) in [5, 5.41) is 8.65. The monoisotopic (exact) mass is 244 g/mol. The SMILES string of the molecule is CN(C)CCOC1CCCN(CCC(=O)O)C1. The molecule has 0 aliphatic carbocycles. The van der Waals surface area contributed by atoms with E-state index >= 15 is 0 Å². The van der Waals surface area contributed by atoms with E-state index in [0.717, 1.165) is 39.1 Å². The quantitative estimate of drug-likeness (QED) is 0.707. The Bertz CT molecular complexity index is 234. The predicted octanol–water partition coefficient (Wildman–Crippen LogP) is 0.504. The summed E-state index contributed by atoms with van der Waals surface area (Å²) < 4.78 is 5.80. The molecule has 1 unspecified atom stereocenters. The van der Waals surface area contributed by atoms with Crippen molar-refractivity contribution in [1.82, 2.24) is 9.80 Å². The molecule has 0 saturated carbocycles. The number of carboxylic acids is 1. The number of aliphatic carboxylic acids is 1. The number of carbonyl (C=O) groups is 1. The van der Waals surface area contributed by atoms with Gasteiger partial charge in [-0.15, -0.1) is 0 Å². The van der Waals surface area contributed by atoms with Gasteiger partial charge in [0.25, 0.3) is 0 Å². The van der Waals surface area contributed by atoms with Gasteiger partial charge in [-0.3, -0.25) is 4.79 Å². The van der Waals surface area contributed by atoms with Crippen LogP contribution >= 0.6 is 0 Å². The van der Waals surface area contributed by atoms with Crippen molar-refractivity contribution in [1.29, 1.82) is 0 Å². The predicted molar refractivity (Wildman–Crippen MR) is 66.2 cm³/mol. The van der Waals surface area contributed by atoms with Gasteiger partial charge in [0.15, 0.2) is 0 Å². The highest BCUT2D eigenvalue weighted by molar-refractivity contribution is 5.66. The molecule has 1 aliphatic heterocycles. The molecule has 1 saturated heterocycles. The third-order valence-electron chi connectivity index (χ3n) is 3.00. The fourth-order valence-corrected chi connectivity index (χ4v) is 2.01. The first-order chi connectivity index (χ1) is 8.08. The zero-order valence-electron chi connectivity index (χ0n) is 10.9. The van der Waals surface area contributed by atoms with Crippen LogP contribution in [0.1, 0.15) is 19.3 Å². The first kappa shape index (κ1) is 14.4. The zero-order valence-corrected chi connectivity index (χ0v) is 10.9. The molecule has 100 valence electrons. The van der Waals surface area contributed by atoms with Crippen LogP contribution in [-0.4, -0.2) is 73.9 Å². The summed E-state index contributed by atoms with van der Waals surface area (Å²) in [6.45, 7) is 4.21. The van der Waals surface area contributed by atoms with Gasteiger partial charge in [0.2, 0.25) is 0 Å². The number of carboxylic acid groups (broad SMARTS) is 1. The Hall–Kier alpha value is -0.650. The lowest BCUT2D eigenvalue weighted by molar-refractivity contribution is -0.137. The molecule has 0 aromatic heterocycles. The van der Waals surface area contributed by atoms with E-state index in [9.17, 15) is 4.79 Å². The molecule has 0 amide bonds. The smallest absolute Gasteiger partial charge is 0.304 e. The molecule has 1 heterocycles. The highest BCUT2D eigenvalue weighted by Gasteiger charge is 2.20. The van der Waals surface area contributed by atoms with E-state index in [1.54, 1.807) is 0 Å². The molecule has 5 nitrogen and oxygen atoms in total. The fraction of sp³-hybridized carbons (Fsp3) is 0.917. The Labute approximate surface area is 103 Å². The van der Waals surface area contributed by atoms with Gasteiger partial charge in [0.05, 0.1) is 19.1 Å². The lowest BCUT2D eigenvalue weighted by Crippen LogP contribution is -2.41. The molecule has 17 heavy (non-hydrogen) atoms. The Kier molecular flexibility index (Phi) is 6.47. The van der Waals surface area contributed by atoms with Crippen LogP contribution in [0, 0.1) is 0 Å². The van der Waals surface area contributed by atoms with Crippen molar-refractivity contribution in [3.63, 3.8) is 0 Å². The summed E-state index contributed by atoms with van der Waals surface area (Å²) in [6.07, 6.45) is 2.70. The summed E-state index contributed by atoms with van der Waals surface area (Å²) in [7, 11) is 4.06. The highest BCUT2D eigenvalue weighted by Crippen LogP contribution is 2.13. The number of piperidine rings is 1. The Morgan fingerprint density at radius 2 is 2.29 bits per heavy atom. The molecular formula is C12H24N2O3. The average molecular weight is 244 g/mol. The minimum Gasteiger partial charge on any atom is -0.481 e. The maximum atomic E-state index is 10.5. The Morgan fingerprint density at radius 1 is 1.53 bits per heavy atom. The molecule has 0 spiro atoms. The largest absolute Gasteiger partial charge is 0.481 e.